The van der Waals surface area contributed by atoms with Crippen LogP contribution in [0.25, 0.3) is 0 Å². The van der Waals surface area contributed by atoms with Crippen LogP contribution < -0.4 is 0 Å². The van der Waals surface area contributed by atoms with E-state index in [4.69, 9.17) is 0 Å². The van der Waals surface area contributed by atoms with Crippen LogP contribution in [0.3, 0.4) is 0 Å². The number of methoxy groups -OCH3 is 1. The van der Waals surface area contributed by atoms with Gasteiger partial charge in [-0.1, -0.05) is 26.0 Å². The fourth-order valence-electron chi connectivity index (χ4n) is 3.02. The first-order valence-electron chi connectivity index (χ1n) is 8.48. The number of aliphatic imine (C=N–C) groups is 1. The van der Waals surface area contributed by atoms with E-state index >= 15 is 0 Å². The molecule has 0 spiro atoms. The highest BCUT2D eigenvalue weighted by Crippen LogP contribution is 2.38. The van der Waals surface area contributed by atoms with Crippen LogP contribution in [0.5, 0.6) is 0 Å². The smallest absolute Gasteiger partial charge is 0.305 e. The number of aliphatic hydroxyl groups excluding tert-OH is 1. The summed E-state index contributed by atoms with van der Waals surface area (Å²) in [4.78, 5) is 39.0. The molecule has 27 heavy (non-hydrogen) atoms. The first-order chi connectivity index (χ1) is 12.6. The number of benzene rings is 1. The van der Waals surface area contributed by atoms with E-state index in [1.54, 1.807) is 6.07 Å². The number of carbonyl (C=O) groups is 2. The van der Waals surface area contributed by atoms with Crippen LogP contribution in [0.15, 0.2) is 40.6 Å². The molecule has 0 radical (unpaired) electrons. The Morgan fingerprint density at radius 3 is 2.59 bits per heavy atom. The van der Waals surface area contributed by atoms with Gasteiger partial charge in [0.15, 0.2) is 5.78 Å². The van der Waals surface area contributed by atoms with Crippen LogP contribution in [0, 0.1) is 15.5 Å². The number of aliphatic hydroxyl groups is 1. The molecule has 1 saturated carbocycles. The average molecular weight is 374 g/mol. The van der Waals surface area contributed by atoms with Gasteiger partial charge in [-0.15, -0.1) is 0 Å². The SMILES string of the molecule is COC(=O)CC/C(O)=C1\C(=O)CC(C)(C)CC1=Nc1ccccc1[N+](=O)[O-]. The third-order valence-electron chi connectivity index (χ3n) is 4.27. The summed E-state index contributed by atoms with van der Waals surface area (Å²) >= 11 is 0. The third kappa shape index (κ3) is 4.99. The van der Waals surface area contributed by atoms with E-state index in [9.17, 15) is 24.8 Å². The Bertz CT molecular complexity index is 838. The van der Waals surface area contributed by atoms with Crippen molar-refractivity contribution in [2.75, 3.05) is 7.11 Å². The monoisotopic (exact) mass is 374 g/mol. The molecule has 1 aromatic rings. The molecule has 2 rings (SSSR count). The van der Waals surface area contributed by atoms with Gasteiger partial charge in [0.1, 0.15) is 11.4 Å². The molecule has 0 aliphatic heterocycles. The molecule has 144 valence electrons. The first kappa shape index (κ1) is 20.3. The molecule has 0 atom stereocenters. The normalized spacial score (nSPS) is 19.7. The summed E-state index contributed by atoms with van der Waals surface area (Å²) < 4.78 is 4.55. The van der Waals surface area contributed by atoms with Crippen LogP contribution in [0.4, 0.5) is 11.4 Å². The Labute approximate surface area is 156 Å². The van der Waals surface area contributed by atoms with Gasteiger partial charge in [0.05, 0.1) is 29.7 Å². The van der Waals surface area contributed by atoms with Crippen molar-refractivity contribution in [3.8, 4) is 0 Å². The van der Waals surface area contributed by atoms with E-state index in [0.29, 0.717) is 6.42 Å². The molecule has 1 aromatic carbocycles. The van der Waals surface area contributed by atoms with Crippen molar-refractivity contribution >= 4 is 28.8 Å². The van der Waals surface area contributed by atoms with Crippen molar-refractivity contribution in [2.45, 2.75) is 39.5 Å². The van der Waals surface area contributed by atoms with Crippen LogP contribution in [-0.4, -0.2) is 34.6 Å². The minimum Gasteiger partial charge on any atom is -0.511 e. The molecule has 0 bridgehead atoms. The number of nitro groups is 1. The predicted octanol–water partition coefficient (Wildman–Crippen LogP) is 3.82. The number of esters is 1. The van der Waals surface area contributed by atoms with Gasteiger partial charge in [-0.2, -0.15) is 0 Å². The number of carbonyl (C=O) groups excluding carboxylic acids is 2. The fourth-order valence-corrected chi connectivity index (χ4v) is 3.02. The van der Waals surface area contributed by atoms with Crippen LogP contribution in [0.2, 0.25) is 0 Å². The minimum atomic E-state index is -0.546. The zero-order valence-corrected chi connectivity index (χ0v) is 15.5. The molecule has 0 amide bonds. The van der Waals surface area contributed by atoms with Crippen molar-refractivity contribution in [2.24, 2.45) is 10.4 Å². The largest absolute Gasteiger partial charge is 0.511 e. The molecule has 0 aromatic heterocycles. The van der Waals surface area contributed by atoms with Crippen LogP contribution in [-0.2, 0) is 14.3 Å². The van der Waals surface area contributed by atoms with Crippen molar-refractivity contribution < 1.29 is 24.4 Å². The van der Waals surface area contributed by atoms with E-state index in [-0.39, 0.29) is 53.5 Å². The molecule has 1 N–H and O–H groups in total. The highest BCUT2D eigenvalue weighted by molar-refractivity contribution is 6.25. The Kier molecular flexibility index (Phi) is 6.09. The summed E-state index contributed by atoms with van der Waals surface area (Å²) in [5.74, 6) is -1.06. The molecular weight excluding hydrogens is 352 g/mol. The number of hydrogen-bond acceptors (Lipinski definition) is 7. The van der Waals surface area contributed by atoms with Gasteiger partial charge in [0.2, 0.25) is 0 Å². The molecule has 1 aliphatic rings. The number of Topliss-reactive ketones (excluding diaryl/α,β-unsaturated/α-hetero) is 1. The van der Waals surface area contributed by atoms with Gasteiger partial charge < -0.3 is 9.84 Å². The minimum absolute atomic E-state index is 0.0383. The van der Waals surface area contributed by atoms with E-state index in [2.05, 4.69) is 9.73 Å². The van der Waals surface area contributed by atoms with Gasteiger partial charge in [-0.3, -0.25) is 19.7 Å². The number of rotatable bonds is 5. The second-order valence-electron chi connectivity index (χ2n) is 7.14. The predicted molar refractivity (Wildman–Crippen MR) is 99.1 cm³/mol. The van der Waals surface area contributed by atoms with E-state index in [0.717, 1.165) is 0 Å². The van der Waals surface area contributed by atoms with Crippen LogP contribution in [0.1, 0.15) is 39.5 Å². The number of hydrogen-bond donors (Lipinski definition) is 1. The number of nitrogens with zero attached hydrogens (tertiary/aromatic N) is 2. The second-order valence-corrected chi connectivity index (χ2v) is 7.14. The van der Waals surface area contributed by atoms with Gasteiger partial charge in [-0.25, -0.2) is 4.99 Å². The lowest BCUT2D eigenvalue weighted by Crippen LogP contribution is -2.32. The van der Waals surface area contributed by atoms with Gasteiger partial charge in [0, 0.05) is 18.9 Å². The standard InChI is InChI=1S/C19H22N2O6/c1-19(2)10-13(20-12-6-4-5-7-14(12)21(25)26)18(16(23)11-19)15(22)8-9-17(24)27-3/h4-7,22H,8-11H2,1-3H3/b18-15+,20-13?. The lowest BCUT2D eigenvalue weighted by molar-refractivity contribution is -0.384. The van der Waals surface area contributed by atoms with Crippen molar-refractivity contribution in [3.05, 3.63) is 45.7 Å². The number of nitro benzene ring substituents is 1. The van der Waals surface area contributed by atoms with Crippen molar-refractivity contribution in [1.82, 2.24) is 0 Å². The quantitative estimate of drug-likeness (QED) is 0.275. The number of ketones is 1. The molecule has 0 unspecified atom stereocenters. The van der Waals surface area contributed by atoms with E-state index in [1.807, 2.05) is 13.8 Å². The topological polar surface area (TPSA) is 119 Å². The second kappa shape index (κ2) is 8.11. The maximum atomic E-state index is 12.6. The number of ether oxygens (including phenoxy) is 1. The Morgan fingerprint density at radius 2 is 1.96 bits per heavy atom. The summed E-state index contributed by atoms with van der Waals surface area (Å²) in [6.07, 6.45) is 0.425. The zero-order valence-electron chi connectivity index (χ0n) is 15.5. The Balaban J connectivity index is 2.52. The molecule has 8 nitrogen and oxygen atoms in total. The van der Waals surface area contributed by atoms with Gasteiger partial charge >= 0.3 is 5.97 Å². The maximum absolute atomic E-state index is 12.6. The maximum Gasteiger partial charge on any atom is 0.305 e. The average Bonchev–Trinajstić information content (AvgIpc) is 2.58. The third-order valence-corrected chi connectivity index (χ3v) is 4.27. The number of para-hydroxylation sites is 2. The highest BCUT2D eigenvalue weighted by atomic mass is 16.6. The summed E-state index contributed by atoms with van der Waals surface area (Å²) in [6, 6.07) is 5.96. The summed E-state index contributed by atoms with van der Waals surface area (Å²) in [6.45, 7) is 3.78. The first-order valence-corrected chi connectivity index (χ1v) is 8.48. The van der Waals surface area contributed by atoms with Gasteiger partial charge in [0.25, 0.3) is 5.69 Å². The molecule has 1 fully saturated rings. The van der Waals surface area contributed by atoms with Gasteiger partial charge in [-0.05, 0) is 17.9 Å². The molecule has 0 heterocycles. The molecule has 1 aliphatic carbocycles. The van der Waals surface area contributed by atoms with Crippen molar-refractivity contribution in [3.63, 3.8) is 0 Å². The Hall–Kier alpha value is -3.03. The lowest BCUT2D eigenvalue weighted by Gasteiger charge is -2.31. The zero-order chi connectivity index (χ0) is 20.2. The molecule has 8 heteroatoms. The molecular formula is C19H22N2O6. The molecule has 0 saturated heterocycles. The summed E-state index contributed by atoms with van der Waals surface area (Å²) in [7, 11) is 1.24. The number of allylic oxidation sites excluding steroid dienone is 2. The fraction of sp³-hybridized carbons (Fsp3) is 0.421. The van der Waals surface area contributed by atoms with E-state index < -0.39 is 16.3 Å². The van der Waals surface area contributed by atoms with Crippen molar-refractivity contribution in [1.29, 1.82) is 0 Å². The van der Waals surface area contributed by atoms with Crippen LogP contribution >= 0.6 is 0 Å². The summed E-state index contributed by atoms with van der Waals surface area (Å²) in [5, 5.41) is 21.7. The lowest BCUT2D eigenvalue weighted by atomic mass is 9.73. The summed E-state index contributed by atoms with van der Waals surface area (Å²) in [5.41, 5.74) is -0.147. The Morgan fingerprint density at radius 1 is 1.30 bits per heavy atom. The van der Waals surface area contributed by atoms with E-state index in [1.165, 1.54) is 25.3 Å². The highest BCUT2D eigenvalue weighted by Gasteiger charge is 2.36.